The average Bonchev–Trinajstić information content (AvgIpc) is 3.70. The first-order valence-electron chi connectivity index (χ1n) is 14.6. The number of hydrogen-bond donors (Lipinski definition) is 2. The van der Waals surface area contributed by atoms with Crippen LogP contribution in [0.1, 0.15) is 49.6 Å². The molecule has 9 nitrogen and oxygen atoms in total. The first kappa shape index (κ1) is 32.2. The summed E-state index contributed by atoms with van der Waals surface area (Å²) in [6, 6.07) is 11.1. The van der Waals surface area contributed by atoms with Gasteiger partial charge in [-0.25, -0.2) is 13.5 Å². The molecular formula is C32H28ClF5N8O. The minimum atomic E-state index is -4.52. The predicted molar refractivity (Wildman–Crippen MR) is 168 cm³/mol. The third kappa shape index (κ3) is 5.62. The van der Waals surface area contributed by atoms with E-state index in [9.17, 15) is 32.0 Å². The molecule has 3 heterocycles. The van der Waals surface area contributed by atoms with Crippen molar-refractivity contribution in [1.29, 1.82) is 5.26 Å². The number of aromatic nitrogens is 5. The van der Waals surface area contributed by atoms with E-state index in [1.54, 1.807) is 49.6 Å². The summed E-state index contributed by atoms with van der Waals surface area (Å²) in [5.74, 6) is 0. The number of nitrogens with one attached hydrogen (secondary N) is 2. The Hall–Kier alpha value is -4.77. The molecule has 1 saturated carbocycles. The summed E-state index contributed by atoms with van der Waals surface area (Å²) in [6.07, 6.45) is -2.40. The number of halogens is 6. The molecule has 0 spiro atoms. The molecule has 0 radical (unpaired) electrons. The van der Waals surface area contributed by atoms with Gasteiger partial charge in [0.15, 0.2) is 0 Å². The van der Waals surface area contributed by atoms with E-state index in [0.717, 1.165) is 13.8 Å². The van der Waals surface area contributed by atoms with Crippen molar-refractivity contribution in [3.63, 3.8) is 0 Å². The molecule has 1 aliphatic rings. The molecule has 5 aromatic rings. The number of anilines is 2. The van der Waals surface area contributed by atoms with Crippen LogP contribution in [-0.4, -0.2) is 43.7 Å². The molecule has 15 heteroatoms. The van der Waals surface area contributed by atoms with Crippen molar-refractivity contribution in [3.05, 3.63) is 87.2 Å². The van der Waals surface area contributed by atoms with Crippen LogP contribution in [0.4, 0.5) is 33.3 Å². The first-order chi connectivity index (χ1) is 22.2. The summed E-state index contributed by atoms with van der Waals surface area (Å²) in [6.45, 7) is 1.55. The van der Waals surface area contributed by atoms with Crippen LogP contribution in [0, 0.1) is 16.7 Å². The van der Waals surface area contributed by atoms with Crippen molar-refractivity contribution in [1.82, 2.24) is 24.5 Å². The molecule has 2 N–H and O–H groups in total. The summed E-state index contributed by atoms with van der Waals surface area (Å²) in [4.78, 5) is 17.3. The van der Waals surface area contributed by atoms with Gasteiger partial charge in [0.25, 0.3) is 12.0 Å². The lowest BCUT2D eigenvalue weighted by Crippen LogP contribution is -2.38. The second-order valence-corrected chi connectivity index (χ2v) is 12.8. The van der Waals surface area contributed by atoms with Crippen molar-refractivity contribution in [2.24, 2.45) is 12.5 Å². The maximum atomic E-state index is 14.0. The smallest absolute Gasteiger partial charge is 0.382 e. The van der Waals surface area contributed by atoms with E-state index in [1.165, 1.54) is 21.6 Å². The fourth-order valence-electron chi connectivity index (χ4n) is 5.46. The minimum Gasteiger partial charge on any atom is -0.382 e. The maximum absolute atomic E-state index is 14.0. The van der Waals surface area contributed by atoms with Crippen molar-refractivity contribution in [2.75, 3.05) is 17.2 Å². The van der Waals surface area contributed by atoms with E-state index in [-0.39, 0.29) is 51.3 Å². The van der Waals surface area contributed by atoms with Gasteiger partial charge in [0, 0.05) is 42.4 Å². The third-order valence-corrected chi connectivity index (χ3v) is 9.02. The highest BCUT2D eigenvalue weighted by Crippen LogP contribution is 2.48. The fourth-order valence-corrected chi connectivity index (χ4v) is 5.73. The zero-order valence-corrected chi connectivity index (χ0v) is 26.1. The number of hydrogen-bond acceptors (Lipinski definition) is 7. The Morgan fingerprint density at radius 3 is 2.53 bits per heavy atom. The van der Waals surface area contributed by atoms with Crippen LogP contribution in [-0.2, 0) is 12.6 Å². The van der Waals surface area contributed by atoms with Gasteiger partial charge >= 0.3 is 6.18 Å². The van der Waals surface area contributed by atoms with E-state index in [0.29, 0.717) is 22.0 Å². The van der Waals surface area contributed by atoms with Crippen molar-refractivity contribution in [3.8, 4) is 6.07 Å². The monoisotopic (exact) mass is 670 g/mol. The summed E-state index contributed by atoms with van der Waals surface area (Å²) >= 11 is 6.66. The van der Waals surface area contributed by atoms with E-state index in [4.69, 9.17) is 11.6 Å². The fraction of sp³-hybridized carbons (Fsp3) is 0.344. The lowest BCUT2D eigenvalue weighted by atomic mass is 9.92. The van der Waals surface area contributed by atoms with Gasteiger partial charge in [0.2, 0.25) is 0 Å². The average molecular weight is 671 g/mol. The Morgan fingerprint density at radius 2 is 1.87 bits per heavy atom. The normalized spacial score (nSPS) is 15.2. The number of nitrogens with zero attached hydrogens (tertiary/aromatic N) is 6. The molecule has 1 atom stereocenters. The summed E-state index contributed by atoms with van der Waals surface area (Å²) in [5, 5.41) is 25.6. The minimum absolute atomic E-state index is 0.00909. The van der Waals surface area contributed by atoms with E-state index >= 15 is 0 Å². The molecule has 244 valence electrons. The second-order valence-electron chi connectivity index (χ2n) is 12.4. The topological polar surface area (TPSA) is 113 Å². The molecule has 3 aromatic heterocycles. The molecule has 1 fully saturated rings. The van der Waals surface area contributed by atoms with Crippen LogP contribution in [0.5, 0.6) is 0 Å². The van der Waals surface area contributed by atoms with Crippen LogP contribution in [0.25, 0.3) is 21.7 Å². The molecule has 1 unspecified atom stereocenters. The Morgan fingerprint density at radius 1 is 1.13 bits per heavy atom. The Bertz CT molecular complexity index is 2110. The Kier molecular flexibility index (Phi) is 7.86. The van der Waals surface area contributed by atoms with Gasteiger partial charge < -0.3 is 15.2 Å². The summed E-state index contributed by atoms with van der Waals surface area (Å²) in [5.41, 5.74) is -2.24. The predicted octanol–water partition coefficient (Wildman–Crippen LogP) is 7.16. The highest BCUT2D eigenvalue weighted by molar-refractivity contribution is 6.35. The molecule has 1 aliphatic carbocycles. The van der Waals surface area contributed by atoms with E-state index in [1.807, 2.05) is 6.07 Å². The maximum Gasteiger partial charge on any atom is 0.395 e. The van der Waals surface area contributed by atoms with Crippen LogP contribution < -0.4 is 16.2 Å². The number of alkyl halides is 5. The van der Waals surface area contributed by atoms with E-state index < -0.39 is 36.1 Å². The van der Waals surface area contributed by atoms with Gasteiger partial charge in [0.05, 0.1) is 39.4 Å². The molecule has 0 amide bonds. The molecule has 6 rings (SSSR count). The number of aryl methyl sites for hydroxylation is 1. The van der Waals surface area contributed by atoms with Gasteiger partial charge in [-0.2, -0.15) is 18.4 Å². The van der Waals surface area contributed by atoms with Crippen molar-refractivity contribution < 1.29 is 22.0 Å². The zero-order chi connectivity index (χ0) is 33.9. The molecule has 0 bridgehead atoms. The first-order valence-corrected chi connectivity index (χ1v) is 14.9. The SMILES string of the molecule is Cn1ccc2c(C(Nc3cc(Cl)c4ncc(C#N)c(NCC(C)(C)C(F)(F)F)c4c3)c3cn(C4(C(F)F)CC4)nn3)cccc2c1=O. The standard InChI is InChI=1S/C32H28ClF5N8O/c1-30(2,32(36,37)38)16-41-25-17(13-39)14-40-26-22(25)11-18(12-23(26)33)42-27(24-15-46(44-43-24)31(8-9-31)29(34)35)20-5-4-6-21-19(20)7-10-45(3)28(21)47/h4-7,10-12,14-15,27,29,42H,8-9,16H2,1-3H3,(H,40,41). The summed E-state index contributed by atoms with van der Waals surface area (Å²) < 4.78 is 71.6. The highest BCUT2D eigenvalue weighted by Gasteiger charge is 2.54. The van der Waals surface area contributed by atoms with E-state index in [2.05, 4.69) is 25.9 Å². The number of rotatable bonds is 9. The molecule has 47 heavy (non-hydrogen) atoms. The van der Waals surface area contributed by atoms with Crippen LogP contribution in [0.3, 0.4) is 0 Å². The molecule has 2 aromatic carbocycles. The quantitative estimate of drug-likeness (QED) is 0.160. The zero-order valence-electron chi connectivity index (χ0n) is 25.3. The van der Waals surface area contributed by atoms with Gasteiger partial charge in [-0.15, -0.1) is 5.10 Å². The van der Waals surface area contributed by atoms with Crippen LogP contribution in [0.15, 0.2) is 59.8 Å². The molecule has 0 aliphatic heterocycles. The highest BCUT2D eigenvalue weighted by atomic mass is 35.5. The van der Waals surface area contributed by atoms with Crippen molar-refractivity contribution >= 4 is 44.7 Å². The van der Waals surface area contributed by atoms with Gasteiger partial charge in [-0.3, -0.25) is 9.78 Å². The van der Waals surface area contributed by atoms with Gasteiger partial charge in [0.1, 0.15) is 17.3 Å². The Balaban J connectivity index is 1.49. The van der Waals surface area contributed by atoms with Gasteiger partial charge in [-0.1, -0.05) is 28.9 Å². The number of fused-ring (bicyclic) bond motifs is 2. The Labute approximate surface area is 270 Å². The van der Waals surface area contributed by atoms with Crippen LogP contribution >= 0.6 is 11.6 Å². The van der Waals surface area contributed by atoms with Crippen molar-refractivity contribution in [2.45, 2.75) is 50.9 Å². The second kappa shape index (κ2) is 11.5. The molecule has 0 saturated heterocycles. The largest absolute Gasteiger partial charge is 0.395 e. The summed E-state index contributed by atoms with van der Waals surface area (Å²) in [7, 11) is 1.62. The lowest BCUT2D eigenvalue weighted by Gasteiger charge is -2.28. The number of nitriles is 1. The lowest BCUT2D eigenvalue weighted by molar-refractivity contribution is -0.206. The number of benzene rings is 2. The van der Waals surface area contributed by atoms with Crippen LogP contribution in [0.2, 0.25) is 5.02 Å². The molecular weight excluding hydrogens is 643 g/mol. The third-order valence-electron chi connectivity index (χ3n) is 8.73. The van der Waals surface area contributed by atoms with Gasteiger partial charge in [-0.05, 0) is 61.9 Å². The number of pyridine rings is 2.